The standard InChI is InChI=1S/C26H22ClN3O3S/c1-16-10-17(2)12-20(11-16)30-24(32)15-34-26(30)21-8-3-4-9-22(21)29(25(26)33)14-23(31)28-19-7-5-6-18(27)13-19/h3-13H,14-15H2,1-2H3,(H,28,31)/t26-/m0/s1. The van der Waals surface area contributed by atoms with E-state index in [2.05, 4.69) is 5.32 Å². The molecule has 6 nitrogen and oxygen atoms in total. The van der Waals surface area contributed by atoms with Crippen LogP contribution in [0.2, 0.25) is 5.02 Å². The van der Waals surface area contributed by atoms with Gasteiger partial charge in [0.25, 0.3) is 5.91 Å². The number of carbonyl (C=O) groups excluding carboxylic acids is 3. The number of amides is 3. The lowest BCUT2D eigenvalue weighted by molar-refractivity contribution is -0.124. The molecule has 2 heterocycles. The Morgan fingerprint density at radius 3 is 2.50 bits per heavy atom. The lowest BCUT2D eigenvalue weighted by Gasteiger charge is -2.33. The second-order valence-electron chi connectivity index (χ2n) is 8.47. The van der Waals surface area contributed by atoms with Gasteiger partial charge in [0, 0.05) is 22.0 Å². The predicted molar refractivity (Wildman–Crippen MR) is 136 cm³/mol. The molecule has 8 heteroatoms. The SMILES string of the molecule is Cc1cc(C)cc(N2C(=O)CS[C@@]23C(=O)N(CC(=O)Nc2cccc(Cl)c2)c2ccccc23)c1. The minimum Gasteiger partial charge on any atom is -0.324 e. The fraction of sp³-hybridized carbons (Fsp3) is 0.192. The first kappa shape index (κ1) is 22.5. The molecule has 3 aromatic rings. The second kappa shape index (κ2) is 8.49. The van der Waals surface area contributed by atoms with E-state index in [1.807, 2.05) is 56.3 Å². The molecule has 3 amide bonds. The number of hydrogen-bond acceptors (Lipinski definition) is 4. The molecule has 34 heavy (non-hydrogen) atoms. The van der Waals surface area contributed by atoms with E-state index in [9.17, 15) is 14.4 Å². The number of para-hydroxylation sites is 1. The fourth-order valence-electron chi connectivity index (χ4n) is 4.70. The Labute approximate surface area is 206 Å². The summed E-state index contributed by atoms with van der Waals surface area (Å²) in [6.45, 7) is 3.75. The van der Waals surface area contributed by atoms with E-state index < -0.39 is 4.87 Å². The Morgan fingerprint density at radius 2 is 1.76 bits per heavy atom. The molecule has 0 unspecified atom stereocenters. The quantitative estimate of drug-likeness (QED) is 0.565. The number of carbonyl (C=O) groups is 3. The highest BCUT2D eigenvalue weighted by Crippen LogP contribution is 2.55. The van der Waals surface area contributed by atoms with Crippen molar-refractivity contribution in [2.45, 2.75) is 18.7 Å². The van der Waals surface area contributed by atoms with Gasteiger partial charge >= 0.3 is 0 Å². The number of fused-ring (bicyclic) bond motifs is 2. The minimum absolute atomic E-state index is 0.136. The molecule has 1 N–H and O–H groups in total. The molecule has 1 spiro atoms. The Balaban J connectivity index is 1.53. The number of aryl methyl sites for hydroxylation is 2. The van der Waals surface area contributed by atoms with Gasteiger partial charge in [-0.15, -0.1) is 11.8 Å². The van der Waals surface area contributed by atoms with Gasteiger partial charge in [0.2, 0.25) is 16.7 Å². The summed E-state index contributed by atoms with van der Waals surface area (Å²) >= 11 is 7.32. The first-order chi connectivity index (χ1) is 16.3. The molecule has 0 aliphatic carbocycles. The zero-order chi connectivity index (χ0) is 24.0. The third-order valence-corrected chi connectivity index (χ3v) is 7.56. The van der Waals surface area contributed by atoms with Crippen molar-refractivity contribution in [3.8, 4) is 0 Å². The van der Waals surface area contributed by atoms with Gasteiger partial charge in [-0.1, -0.05) is 41.9 Å². The van der Waals surface area contributed by atoms with Gasteiger partial charge in [-0.3, -0.25) is 24.2 Å². The van der Waals surface area contributed by atoms with Crippen molar-refractivity contribution in [1.82, 2.24) is 0 Å². The highest BCUT2D eigenvalue weighted by atomic mass is 35.5. The molecule has 2 aliphatic rings. The average Bonchev–Trinajstić information content (AvgIpc) is 3.24. The Bertz CT molecular complexity index is 1320. The van der Waals surface area contributed by atoms with Crippen LogP contribution in [-0.2, 0) is 19.3 Å². The lowest BCUT2D eigenvalue weighted by atomic mass is 10.0. The Morgan fingerprint density at radius 1 is 1.03 bits per heavy atom. The normalized spacial score (nSPS) is 19.1. The van der Waals surface area contributed by atoms with Crippen molar-refractivity contribution in [3.05, 3.63) is 88.4 Å². The van der Waals surface area contributed by atoms with E-state index in [-0.39, 0.29) is 30.0 Å². The van der Waals surface area contributed by atoms with Crippen molar-refractivity contribution in [2.24, 2.45) is 0 Å². The fourth-order valence-corrected chi connectivity index (χ4v) is 6.25. The number of thioether (sulfide) groups is 1. The number of benzene rings is 3. The van der Waals surface area contributed by atoms with Crippen LogP contribution >= 0.6 is 23.4 Å². The molecule has 1 fully saturated rings. The van der Waals surface area contributed by atoms with Crippen molar-refractivity contribution < 1.29 is 14.4 Å². The van der Waals surface area contributed by atoms with E-state index >= 15 is 0 Å². The van der Waals surface area contributed by atoms with Crippen LogP contribution < -0.4 is 15.1 Å². The monoisotopic (exact) mass is 491 g/mol. The molecular formula is C26H22ClN3O3S. The smallest absolute Gasteiger partial charge is 0.269 e. The summed E-state index contributed by atoms with van der Waals surface area (Å²) in [5, 5.41) is 3.31. The molecule has 0 bridgehead atoms. The zero-order valence-electron chi connectivity index (χ0n) is 18.7. The van der Waals surface area contributed by atoms with Crippen LogP contribution in [0.5, 0.6) is 0 Å². The van der Waals surface area contributed by atoms with Gasteiger partial charge in [0.05, 0.1) is 11.4 Å². The Kier molecular flexibility index (Phi) is 5.62. The maximum Gasteiger partial charge on any atom is 0.269 e. The van der Waals surface area contributed by atoms with Crippen LogP contribution in [0.1, 0.15) is 16.7 Å². The molecule has 0 radical (unpaired) electrons. The summed E-state index contributed by atoms with van der Waals surface area (Å²) in [6, 6.07) is 20.1. The van der Waals surface area contributed by atoms with Crippen molar-refractivity contribution in [2.75, 3.05) is 27.4 Å². The average molecular weight is 492 g/mol. The van der Waals surface area contributed by atoms with Crippen LogP contribution in [0, 0.1) is 13.8 Å². The number of halogens is 1. The zero-order valence-corrected chi connectivity index (χ0v) is 20.2. The van der Waals surface area contributed by atoms with Gasteiger partial charge in [0.15, 0.2) is 0 Å². The summed E-state index contributed by atoms with van der Waals surface area (Å²) < 4.78 is 0. The minimum atomic E-state index is -1.25. The van der Waals surface area contributed by atoms with E-state index in [4.69, 9.17) is 11.6 Å². The van der Waals surface area contributed by atoms with Crippen LogP contribution in [0.25, 0.3) is 0 Å². The van der Waals surface area contributed by atoms with Gasteiger partial charge in [-0.2, -0.15) is 0 Å². The molecule has 2 aliphatic heterocycles. The van der Waals surface area contributed by atoms with Crippen LogP contribution in [-0.4, -0.2) is 30.0 Å². The third kappa shape index (κ3) is 3.65. The van der Waals surface area contributed by atoms with Crippen molar-refractivity contribution in [3.63, 3.8) is 0 Å². The topological polar surface area (TPSA) is 69.7 Å². The molecule has 0 aromatic heterocycles. The predicted octanol–water partition coefficient (Wildman–Crippen LogP) is 4.87. The number of nitrogens with one attached hydrogen (secondary N) is 1. The van der Waals surface area contributed by atoms with Crippen LogP contribution in [0.15, 0.2) is 66.7 Å². The summed E-state index contributed by atoms with van der Waals surface area (Å²) in [7, 11) is 0. The van der Waals surface area contributed by atoms with Crippen molar-refractivity contribution in [1.29, 1.82) is 0 Å². The Hall–Kier alpha value is -3.29. The molecule has 172 valence electrons. The summed E-state index contributed by atoms with van der Waals surface area (Å²) in [5.74, 6) is -0.613. The van der Waals surface area contributed by atoms with Gasteiger partial charge < -0.3 is 5.32 Å². The summed E-state index contributed by atoms with van der Waals surface area (Å²) in [4.78, 5) is 41.9. The van der Waals surface area contributed by atoms with E-state index in [1.165, 1.54) is 16.7 Å². The first-order valence-corrected chi connectivity index (χ1v) is 12.2. The van der Waals surface area contributed by atoms with Crippen LogP contribution in [0.4, 0.5) is 17.1 Å². The highest BCUT2D eigenvalue weighted by molar-refractivity contribution is 8.02. The molecule has 1 saturated heterocycles. The lowest BCUT2D eigenvalue weighted by Crippen LogP contribution is -2.51. The number of hydrogen-bond donors (Lipinski definition) is 1. The molecule has 0 saturated carbocycles. The summed E-state index contributed by atoms with van der Waals surface area (Å²) in [6.07, 6.45) is 0. The number of rotatable bonds is 4. The molecule has 3 aromatic carbocycles. The molecule has 5 rings (SSSR count). The number of anilines is 3. The third-order valence-electron chi connectivity index (χ3n) is 5.94. The maximum absolute atomic E-state index is 14.0. The maximum atomic E-state index is 14.0. The van der Waals surface area contributed by atoms with Gasteiger partial charge in [-0.05, 0) is 61.4 Å². The largest absolute Gasteiger partial charge is 0.324 e. The first-order valence-electron chi connectivity index (χ1n) is 10.8. The van der Waals surface area contributed by atoms with Crippen molar-refractivity contribution >= 4 is 58.1 Å². The van der Waals surface area contributed by atoms with E-state index in [0.717, 1.165) is 11.1 Å². The second-order valence-corrected chi connectivity index (χ2v) is 10.1. The number of nitrogens with zero attached hydrogens (tertiary/aromatic N) is 2. The van der Waals surface area contributed by atoms with E-state index in [1.54, 1.807) is 29.2 Å². The van der Waals surface area contributed by atoms with E-state index in [0.29, 0.717) is 27.6 Å². The van der Waals surface area contributed by atoms with Gasteiger partial charge in [-0.25, -0.2) is 0 Å². The van der Waals surface area contributed by atoms with Gasteiger partial charge in [0.1, 0.15) is 6.54 Å². The highest BCUT2D eigenvalue weighted by Gasteiger charge is 2.61. The summed E-state index contributed by atoms with van der Waals surface area (Å²) in [5.41, 5.74) is 4.59. The van der Waals surface area contributed by atoms with Crippen LogP contribution in [0.3, 0.4) is 0 Å². The molecular weight excluding hydrogens is 470 g/mol. The molecule has 1 atom stereocenters.